The fourth-order valence-corrected chi connectivity index (χ4v) is 2.90. The Balaban J connectivity index is 0.00000245. The Hall–Kier alpha value is -1.69. The number of carbonyl (C=O) groups is 4. The first kappa shape index (κ1) is 27.3. The molecule has 1 saturated heterocycles. The number of aldehydes is 1. The zero-order chi connectivity index (χ0) is 22.2. The Morgan fingerprint density at radius 3 is 1.03 bits per heavy atom. The van der Waals surface area contributed by atoms with E-state index >= 15 is 0 Å². The van der Waals surface area contributed by atoms with E-state index in [1.807, 2.05) is 6.92 Å². The van der Waals surface area contributed by atoms with Gasteiger partial charge < -0.3 is 9.69 Å². The number of carbonyl (C=O) groups excluding carboxylic acids is 4. The van der Waals surface area contributed by atoms with Gasteiger partial charge in [-0.2, -0.15) is 13.2 Å². The van der Waals surface area contributed by atoms with E-state index in [0.29, 0.717) is 39.3 Å². The second-order valence-corrected chi connectivity index (χ2v) is 6.56. The van der Waals surface area contributed by atoms with Crippen molar-refractivity contribution in [1.29, 1.82) is 0 Å². The number of halogens is 3. The Kier molecular flexibility index (Phi) is 15.2. The van der Waals surface area contributed by atoms with Crippen LogP contribution in [-0.4, -0.2) is 123 Å². The summed E-state index contributed by atoms with van der Waals surface area (Å²) in [7, 11) is 0. The summed E-state index contributed by atoms with van der Waals surface area (Å²) in [6.45, 7) is 6.10. The molecule has 0 aromatic rings. The van der Waals surface area contributed by atoms with Crippen molar-refractivity contribution in [3.63, 3.8) is 0 Å². The first-order valence-corrected chi connectivity index (χ1v) is 9.55. The summed E-state index contributed by atoms with van der Waals surface area (Å²) in [5.41, 5.74) is 0. The molecule has 0 aromatic carbocycles. The molecule has 0 bridgehead atoms. The van der Waals surface area contributed by atoms with Crippen LogP contribution in [0.15, 0.2) is 0 Å². The van der Waals surface area contributed by atoms with Crippen LogP contribution in [0.3, 0.4) is 0 Å². The summed E-state index contributed by atoms with van der Waals surface area (Å²) in [6, 6.07) is -4.39. The quantitative estimate of drug-likeness (QED) is 0.415. The van der Waals surface area contributed by atoms with Gasteiger partial charge in [0.15, 0.2) is 0 Å². The van der Waals surface area contributed by atoms with Gasteiger partial charge in [0.1, 0.15) is 6.29 Å². The van der Waals surface area contributed by atoms with Crippen molar-refractivity contribution in [3.8, 4) is 0 Å². The van der Waals surface area contributed by atoms with Crippen molar-refractivity contribution in [2.45, 2.75) is 13.8 Å². The van der Waals surface area contributed by atoms with Gasteiger partial charge >= 0.3 is 18.1 Å². The average Bonchev–Trinajstić information content (AvgIpc) is 2.61. The molecule has 0 spiro atoms. The topological polar surface area (TPSA) is 81.2 Å². The minimum absolute atomic E-state index is 0.256. The summed E-state index contributed by atoms with van der Waals surface area (Å²) in [6.07, 6.45) is 0.750. The van der Waals surface area contributed by atoms with E-state index in [2.05, 4.69) is 4.90 Å². The molecule has 1 heterocycles. The number of rotatable bonds is 7. The van der Waals surface area contributed by atoms with Gasteiger partial charge in [0, 0.05) is 52.4 Å². The normalized spacial score (nSPS) is 18.7. The third-order valence-corrected chi connectivity index (χ3v) is 4.42. The number of nitrogens with zero attached hydrogens (tertiary/aromatic N) is 4. The van der Waals surface area contributed by atoms with E-state index < -0.39 is 24.7 Å². The van der Waals surface area contributed by atoms with Gasteiger partial charge in [0.25, 0.3) is 0 Å². The van der Waals surface area contributed by atoms with Crippen LogP contribution in [0.25, 0.3) is 0 Å². The Labute approximate surface area is 169 Å². The zero-order valence-electron chi connectivity index (χ0n) is 17.1. The summed E-state index contributed by atoms with van der Waals surface area (Å²) in [4.78, 5) is 48.1. The van der Waals surface area contributed by atoms with Crippen molar-refractivity contribution in [1.82, 2.24) is 19.6 Å². The van der Waals surface area contributed by atoms with Crippen LogP contribution >= 0.6 is 0 Å². The van der Waals surface area contributed by atoms with Gasteiger partial charge in [0.05, 0.1) is 19.6 Å². The van der Waals surface area contributed by atoms with Crippen molar-refractivity contribution in [2.75, 3.05) is 78.5 Å². The highest BCUT2D eigenvalue weighted by molar-refractivity contribution is 5.70. The number of likely N-dealkylation sites (N-methyl/N-ethyl adjacent to an activating group) is 1. The van der Waals surface area contributed by atoms with E-state index in [4.69, 9.17) is 4.79 Å². The molecular weight excluding hydrogens is 393 g/mol. The van der Waals surface area contributed by atoms with Gasteiger partial charge in [-0.1, -0.05) is 6.92 Å². The zero-order valence-corrected chi connectivity index (χ0v) is 17.1. The van der Waals surface area contributed by atoms with Crippen molar-refractivity contribution in [3.05, 3.63) is 0 Å². The van der Waals surface area contributed by atoms with Gasteiger partial charge in [0.2, 0.25) is 0 Å². The van der Waals surface area contributed by atoms with E-state index in [1.165, 1.54) is 11.8 Å². The molecule has 168 valence electrons. The molecule has 1 rings (SSSR count). The summed E-state index contributed by atoms with van der Waals surface area (Å²) < 4.78 is 38.4. The molecule has 0 N–H and O–H groups in total. The van der Waals surface area contributed by atoms with E-state index in [-0.39, 0.29) is 26.2 Å². The largest absolute Gasteiger partial charge is 0.315 e. The van der Waals surface area contributed by atoms with Crippen LogP contribution in [0.2, 0.25) is 0 Å². The molecule has 11 heteroatoms. The summed E-state index contributed by atoms with van der Waals surface area (Å²) in [5, 5.41) is 0. The van der Waals surface area contributed by atoms with Crippen LogP contribution in [0, 0.1) is 0 Å². The third-order valence-electron chi connectivity index (χ3n) is 4.42. The van der Waals surface area contributed by atoms with Gasteiger partial charge in [-0.05, 0) is 13.5 Å². The highest BCUT2D eigenvalue weighted by Crippen LogP contribution is 2.02. The molecule has 0 saturated carbocycles. The van der Waals surface area contributed by atoms with Gasteiger partial charge in [-0.3, -0.25) is 29.1 Å². The molecule has 1 fully saturated rings. The Bertz CT molecular complexity index is 493. The summed E-state index contributed by atoms with van der Waals surface area (Å²) >= 11 is 0. The maximum Gasteiger partial charge on any atom is 0.315 e. The van der Waals surface area contributed by atoms with E-state index in [1.54, 1.807) is 9.80 Å². The van der Waals surface area contributed by atoms with E-state index in [0.717, 1.165) is 12.8 Å². The lowest BCUT2D eigenvalue weighted by molar-refractivity contribution is -0.132. The molecule has 1 aliphatic heterocycles. The molecule has 0 amide bonds. The molecular formula is C18H31F3N4O4. The average molecular weight is 424 g/mol. The van der Waals surface area contributed by atoms with Crippen LogP contribution in [-0.2, 0) is 19.2 Å². The summed E-state index contributed by atoms with van der Waals surface area (Å²) in [5.74, 6) is 0. The predicted octanol–water partition coefficient (Wildman–Crippen LogP) is -0.0786. The van der Waals surface area contributed by atoms with Crippen molar-refractivity contribution >= 4 is 24.4 Å². The highest BCUT2D eigenvalue weighted by Gasteiger charge is 2.19. The molecule has 0 aliphatic carbocycles. The molecule has 8 nitrogen and oxygen atoms in total. The molecule has 0 radical (unpaired) electrons. The highest BCUT2D eigenvalue weighted by atomic mass is 19.1. The van der Waals surface area contributed by atoms with Gasteiger partial charge in [-0.25, -0.2) is 0 Å². The number of hydrogen-bond acceptors (Lipinski definition) is 8. The molecule has 0 atom stereocenters. The SMILES string of the molecule is CC=O.CCN1CCN(CC(=O)F)CCN(CC(=O)F)CCN(CC(=O)F)CC1. The smallest absolute Gasteiger partial charge is 0.304 e. The minimum Gasteiger partial charge on any atom is -0.304 e. The molecule has 0 unspecified atom stereocenters. The van der Waals surface area contributed by atoms with Crippen molar-refractivity contribution < 1.29 is 32.3 Å². The Morgan fingerprint density at radius 2 is 0.862 bits per heavy atom. The predicted molar refractivity (Wildman–Crippen MR) is 102 cm³/mol. The molecule has 0 aromatic heterocycles. The molecule has 1 aliphatic rings. The second-order valence-electron chi connectivity index (χ2n) is 6.56. The number of hydrogen-bond donors (Lipinski definition) is 0. The first-order chi connectivity index (χ1) is 13.7. The minimum atomic E-state index is -1.50. The monoisotopic (exact) mass is 424 g/mol. The first-order valence-electron chi connectivity index (χ1n) is 9.55. The van der Waals surface area contributed by atoms with Gasteiger partial charge in [-0.15, -0.1) is 0 Å². The standard InChI is InChI=1S/C16H27F3N4O3.C2H4O/c1-2-20-3-5-21(11-14(17)24)7-9-23(13-16(19)26)10-8-22(6-4-20)12-15(18)25;1-2-3/h2-13H2,1H3;2H,1H3. The van der Waals surface area contributed by atoms with Crippen LogP contribution in [0.5, 0.6) is 0 Å². The fourth-order valence-electron chi connectivity index (χ4n) is 2.90. The second kappa shape index (κ2) is 16.1. The van der Waals surface area contributed by atoms with Crippen LogP contribution in [0.4, 0.5) is 13.2 Å². The maximum atomic E-state index is 12.8. The fraction of sp³-hybridized carbons (Fsp3) is 0.778. The van der Waals surface area contributed by atoms with Crippen LogP contribution < -0.4 is 0 Å². The Morgan fingerprint density at radius 1 is 0.655 bits per heavy atom. The lowest BCUT2D eigenvalue weighted by Gasteiger charge is -2.32. The third kappa shape index (κ3) is 14.9. The lowest BCUT2D eigenvalue weighted by Crippen LogP contribution is -2.47. The van der Waals surface area contributed by atoms with Crippen molar-refractivity contribution in [2.24, 2.45) is 0 Å². The lowest BCUT2D eigenvalue weighted by atomic mass is 10.3. The molecule has 29 heavy (non-hydrogen) atoms. The van der Waals surface area contributed by atoms with Crippen LogP contribution in [0.1, 0.15) is 13.8 Å². The maximum absolute atomic E-state index is 12.8. The van der Waals surface area contributed by atoms with E-state index in [9.17, 15) is 27.6 Å².